The summed E-state index contributed by atoms with van der Waals surface area (Å²) in [6.45, 7) is 0. The first-order chi connectivity index (χ1) is 6.74. The van der Waals surface area contributed by atoms with Crippen molar-refractivity contribution in [2.24, 2.45) is 0 Å². The second-order valence-electron chi connectivity index (χ2n) is 2.44. The molecule has 2 aromatic heterocycles. The lowest BCUT2D eigenvalue weighted by Crippen LogP contribution is -2.25. The lowest BCUT2D eigenvalue weighted by atomic mass is 10.4. The molecule has 0 fully saturated rings. The summed E-state index contributed by atoms with van der Waals surface area (Å²) in [4.78, 5) is 22.3. The second-order valence-corrected chi connectivity index (χ2v) is 2.44. The van der Waals surface area contributed by atoms with E-state index in [9.17, 15) is 9.59 Å². The van der Waals surface area contributed by atoms with Gasteiger partial charge in [-0.3, -0.25) is 5.10 Å². The molecule has 0 radical (unpaired) electrons. The zero-order valence-corrected chi connectivity index (χ0v) is 6.74. The van der Waals surface area contributed by atoms with Crippen molar-refractivity contribution in [3.63, 3.8) is 0 Å². The standard InChI is InChI=1S/C6H4N6O2/c7-1-3-2-8-9-4(3)12-5(13)10-11-6(12)14/h2H,(H,8,9)(H,10,13)(H,11,14). The Morgan fingerprint density at radius 2 is 2.00 bits per heavy atom. The third kappa shape index (κ3) is 0.962. The van der Waals surface area contributed by atoms with Gasteiger partial charge in [-0.15, -0.1) is 0 Å². The molecule has 2 heterocycles. The quantitative estimate of drug-likeness (QED) is 0.505. The van der Waals surface area contributed by atoms with Crippen molar-refractivity contribution in [2.45, 2.75) is 0 Å². The van der Waals surface area contributed by atoms with Gasteiger partial charge in [0.15, 0.2) is 5.82 Å². The van der Waals surface area contributed by atoms with Crippen molar-refractivity contribution >= 4 is 0 Å². The van der Waals surface area contributed by atoms with E-state index in [1.807, 2.05) is 0 Å². The SMILES string of the molecule is N#Cc1cn[nH]c1-n1c(=O)[nH][nH]c1=O. The van der Waals surface area contributed by atoms with Crippen molar-refractivity contribution in [1.82, 2.24) is 25.0 Å². The summed E-state index contributed by atoms with van der Waals surface area (Å²) in [5.41, 5.74) is -1.19. The largest absolute Gasteiger partial charge is 0.350 e. The second kappa shape index (κ2) is 2.74. The Morgan fingerprint density at radius 1 is 1.36 bits per heavy atom. The molecular formula is C6H4N6O2. The Kier molecular flexibility index (Phi) is 1.57. The smallest absolute Gasteiger partial charge is 0.261 e. The normalized spacial score (nSPS) is 9.93. The number of hydrogen-bond donors (Lipinski definition) is 3. The summed E-state index contributed by atoms with van der Waals surface area (Å²) in [5.74, 6) is 0.0556. The molecule has 2 aromatic rings. The first-order valence-electron chi connectivity index (χ1n) is 3.57. The summed E-state index contributed by atoms with van der Waals surface area (Å²) < 4.78 is 0.756. The Morgan fingerprint density at radius 3 is 2.57 bits per heavy atom. The highest BCUT2D eigenvalue weighted by atomic mass is 16.2. The maximum Gasteiger partial charge on any atom is 0.350 e. The van der Waals surface area contributed by atoms with Gasteiger partial charge in [0.2, 0.25) is 0 Å². The number of nitrogens with zero attached hydrogens (tertiary/aromatic N) is 3. The van der Waals surface area contributed by atoms with Crippen LogP contribution in [-0.4, -0.2) is 25.0 Å². The van der Waals surface area contributed by atoms with Crippen LogP contribution in [0.5, 0.6) is 0 Å². The predicted octanol–water partition coefficient (Wildman–Crippen LogP) is -1.55. The third-order valence-corrected chi connectivity index (χ3v) is 1.65. The van der Waals surface area contributed by atoms with Gasteiger partial charge in [0.1, 0.15) is 11.6 Å². The molecule has 70 valence electrons. The van der Waals surface area contributed by atoms with Crippen LogP contribution in [0.15, 0.2) is 15.8 Å². The molecule has 0 saturated carbocycles. The monoisotopic (exact) mass is 192 g/mol. The summed E-state index contributed by atoms with van der Waals surface area (Å²) in [7, 11) is 0. The first-order valence-corrected chi connectivity index (χ1v) is 3.57. The lowest BCUT2D eigenvalue weighted by Gasteiger charge is -1.92. The van der Waals surface area contributed by atoms with Crippen LogP contribution in [0.4, 0.5) is 0 Å². The highest BCUT2D eigenvalue weighted by Gasteiger charge is 2.12. The number of nitrogens with one attached hydrogen (secondary N) is 3. The van der Waals surface area contributed by atoms with E-state index in [4.69, 9.17) is 5.26 Å². The molecule has 0 atom stereocenters. The van der Waals surface area contributed by atoms with Crippen molar-refractivity contribution in [3.8, 4) is 11.9 Å². The van der Waals surface area contributed by atoms with E-state index in [0.29, 0.717) is 0 Å². The number of aromatic amines is 3. The van der Waals surface area contributed by atoms with Crippen LogP contribution in [0.25, 0.3) is 5.82 Å². The maximum absolute atomic E-state index is 11.1. The molecule has 0 aliphatic heterocycles. The van der Waals surface area contributed by atoms with Gasteiger partial charge in [0.05, 0.1) is 6.20 Å². The van der Waals surface area contributed by atoms with Gasteiger partial charge in [0, 0.05) is 0 Å². The Hall–Kier alpha value is -2.56. The number of hydrogen-bond acceptors (Lipinski definition) is 4. The maximum atomic E-state index is 11.1. The Bertz CT molecular complexity index is 578. The molecule has 0 amide bonds. The number of H-pyrrole nitrogens is 3. The van der Waals surface area contributed by atoms with Crippen LogP contribution in [-0.2, 0) is 0 Å². The average molecular weight is 192 g/mol. The highest BCUT2D eigenvalue weighted by Crippen LogP contribution is 2.03. The van der Waals surface area contributed by atoms with E-state index in [2.05, 4.69) is 20.4 Å². The van der Waals surface area contributed by atoms with E-state index < -0.39 is 11.4 Å². The van der Waals surface area contributed by atoms with Crippen molar-refractivity contribution < 1.29 is 0 Å². The molecule has 0 aromatic carbocycles. The zero-order chi connectivity index (χ0) is 10.1. The van der Waals surface area contributed by atoms with Gasteiger partial charge >= 0.3 is 11.4 Å². The summed E-state index contributed by atoms with van der Waals surface area (Å²) in [6.07, 6.45) is 1.23. The topological polar surface area (TPSA) is 123 Å². The minimum atomic E-state index is -0.657. The minimum absolute atomic E-state index is 0.0556. The number of rotatable bonds is 1. The van der Waals surface area contributed by atoms with Crippen molar-refractivity contribution in [3.05, 3.63) is 32.7 Å². The van der Waals surface area contributed by atoms with Gasteiger partial charge in [-0.25, -0.2) is 19.8 Å². The van der Waals surface area contributed by atoms with Crippen LogP contribution < -0.4 is 11.4 Å². The fourth-order valence-corrected chi connectivity index (χ4v) is 1.05. The molecule has 0 bridgehead atoms. The molecule has 3 N–H and O–H groups in total. The number of nitriles is 1. The van der Waals surface area contributed by atoms with E-state index >= 15 is 0 Å². The van der Waals surface area contributed by atoms with Crippen molar-refractivity contribution in [1.29, 1.82) is 5.26 Å². The number of aromatic nitrogens is 5. The Balaban J connectivity index is 2.79. The highest BCUT2D eigenvalue weighted by molar-refractivity contribution is 5.40. The summed E-state index contributed by atoms with van der Waals surface area (Å²) >= 11 is 0. The van der Waals surface area contributed by atoms with E-state index in [-0.39, 0.29) is 11.4 Å². The van der Waals surface area contributed by atoms with Crippen LogP contribution in [0.1, 0.15) is 5.56 Å². The van der Waals surface area contributed by atoms with Gasteiger partial charge in [-0.1, -0.05) is 0 Å². The van der Waals surface area contributed by atoms with E-state index in [1.165, 1.54) is 6.20 Å². The molecule has 8 heteroatoms. The van der Waals surface area contributed by atoms with Gasteiger partial charge in [-0.2, -0.15) is 14.9 Å². The molecule has 0 spiro atoms. The van der Waals surface area contributed by atoms with E-state index in [0.717, 1.165) is 4.57 Å². The predicted molar refractivity (Wildman–Crippen MR) is 43.9 cm³/mol. The fraction of sp³-hybridized carbons (Fsp3) is 0. The van der Waals surface area contributed by atoms with Gasteiger partial charge in [0.25, 0.3) is 0 Å². The van der Waals surface area contributed by atoms with Gasteiger partial charge < -0.3 is 0 Å². The third-order valence-electron chi connectivity index (χ3n) is 1.65. The molecule has 0 aliphatic carbocycles. The summed E-state index contributed by atoms with van der Waals surface area (Å²) in [5, 5.41) is 18.8. The molecule has 8 nitrogen and oxygen atoms in total. The average Bonchev–Trinajstić information content (AvgIpc) is 2.73. The van der Waals surface area contributed by atoms with Crippen LogP contribution in [0.3, 0.4) is 0 Å². The fourth-order valence-electron chi connectivity index (χ4n) is 1.05. The molecule has 0 unspecified atom stereocenters. The van der Waals surface area contributed by atoms with Crippen LogP contribution >= 0.6 is 0 Å². The molecular weight excluding hydrogens is 188 g/mol. The lowest BCUT2D eigenvalue weighted by molar-refractivity contribution is 0.888. The first kappa shape index (κ1) is 8.06. The zero-order valence-electron chi connectivity index (χ0n) is 6.74. The molecule has 2 rings (SSSR count). The minimum Gasteiger partial charge on any atom is -0.261 e. The molecule has 14 heavy (non-hydrogen) atoms. The van der Waals surface area contributed by atoms with Crippen LogP contribution in [0, 0.1) is 11.3 Å². The van der Waals surface area contributed by atoms with Crippen LogP contribution in [0.2, 0.25) is 0 Å². The molecule has 0 aliphatic rings. The Labute approximate surface area is 75.8 Å². The van der Waals surface area contributed by atoms with E-state index in [1.54, 1.807) is 6.07 Å². The van der Waals surface area contributed by atoms with Crippen molar-refractivity contribution in [2.75, 3.05) is 0 Å². The van der Waals surface area contributed by atoms with Gasteiger partial charge in [-0.05, 0) is 0 Å². The summed E-state index contributed by atoms with van der Waals surface area (Å²) in [6, 6.07) is 1.80. The molecule has 0 saturated heterocycles.